The fourth-order valence-electron chi connectivity index (χ4n) is 1.90. The van der Waals surface area contributed by atoms with Crippen molar-refractivity contribution in [2.45, 2.75) is 23.3 Å². The van der Waals surface area contributed by atoms with Gasteiger partial charge in [-0.05, 0) is 12.8 Å². The zero-order valence-corrected chi connectivity index (χ0v) is 11.4. The SMILES string of the molecule is O=c1[nH]cc([C@H]2CC[C@@H](COP(=O)(O)O)S2)c(=O)[nH]1. The normalized spacial score (nSPS) is 23.7. The monoisotopic (exact) mass is 308 g/mol. The Labute approximate surface area is 111 Å². The average molecular weight is 308 g/mol. The van der Waals surface area contributed by atoms with Gasteiger partial charge >= 0.3 is 13.5 Å². The first-order chi connectivity index (χ1) is 8.85. The van der Waals surface area contributed by atoms with E-state index in [-0.39, 0.29) is 17.1 Å². The Balaban J connectivity index is 2.00. The van der Waals surface area contributed by atoms with Crippen molar-refractivity contribution >= 4 is 19.6 Å². The van der Waals surface area contributed by atoms with Crippen molar-refractivity contribution in [1.82, 2.24) is 9.97 Å². The van der Waals surface area contributed by atoms with Gasteiger partial charge in [0.05, 0.1) is 6.61 Å². The van der Waals surface area contributed by atoms with Gasteiger partial charge in [0.25, 0.3) is 5.56 Å². The molecule has 2 heterocycles. The summed E-state index contributed by atoms with van der Waals surface area (Å²) in [4.78, 5) is 44.3. The van der Waals surface area contributed by atoms with E-state index in [0.717, 1.165) is 0 Å². The maximum Gasteiger partial charge on any atom is 0.469 e. The van der Waals surface area contributed by atoms with E-state index in [1.165, 1.54) is 18.0 Å². The molecule has 0 aliphatic carbocycles. The first-order valence-electron chi connectivity index (χ1n) is 5.52. The molecule has 4 N–H and O–H groups in total. The predicted octanol–water partition coefficient (Wildman–Crippen LogP) is 0.109. The molecule has 0 radical (unpaired) electrons. The van der Waals surface area contributed by atoms with Crippen LogP contribution < -0.4 is 11.2 Å². The highest BCUT2D eigenvalue weighted by Crippen LogP contribution is 2.45. The van der Waals surface area contributed by atoms with Gasteiger partial charge in [-0.2, -0.15) is 0 Å². The summed E-state index contributed by atoms with van der Waals surface area (Å²) in [7, 11) is -4.45. The number of hydrogen-bond donors (Lipinski definition) is 4. The minimum Gasteiger partial charge on any atom is -0.314 e. The molecule has 1 aliphatic rings. The van der Waals surface area contributed by atoms with Gasteiger partial charge in [0.15, 0.2) is 0 Å². The second-order valence-corrected chi connectivity index (χ2v) is 6.88. The van der Waals surface area contributed by atoms with Crippen LogP contribution in [0.2, 0.25) is 0 Å². The summed E-state index contributed by atoms with van der Waals surface area (Å²) in [6.07, 6.45) is 2.76. The van der Waals surface area contributed by atoms with Crippen LogP contribution in [-0.2, 0) is 9.09 Å². The fourth-order valence-corrected chi connectivity index (χ4v) is 3.85. The number of nitrogens with one attached hydrogen (secondary N) is 2. The highest BCUT2D eigenvalue weighted by Gasteiger charge is 2.30. The molecule has 2 rings (SSSR count). The number of aromatic amines is 2. The lowest BCUT2D eigenvalue weighted by Crippen LogP contribution is -2.25. The maximum absolute atomic E-state index is 11.6. The summed E-state index contributed by atoms with van der Waals surface area (Å²) < 4.78 is 15.0. The molecular formula is C9H13N2O6PS. The van der Waals surface area contributed by atoms with E-state index in [2.05, 4.69) is 14.5 Å². The molecule has 106 valence electrons. The third-order valence-corrected chi connectivity index (χ3v) is 4.79. The standard InChI is InChI=1S/C9H13N2O6PS/c12-8-6(3-10-9(13)11-8)7-2-1-5(19-7)4-17-18(14,15)16/h3,5,7H,1-2,4H2,(H2,14,15,16)(H2,10,11,12,13)/t5-,7+/m0/s1. The molecule has 0 aromatic carbocycles. The third kappa shape index (κ3) is 4.05. The molecule has 8 nitrogen and oxygen atoms in total. The Morgan fingerprint density at radius 1 is 1.42 bits per heavy atom. The van der Waals surface area contributed by atoms with Crippen LogP contribution in [0.1, 0.15) is 23.7 Å². The van der Waals surface area contributed by atoms with Crippen molar-refractivity contribution < 1.29 is 18.9 Å². The molecule has 1 fully saturated rings. The summed E-state index contributed by atoms with van der Waals surface area (Å²) in [5.74, 6) is 0. The quantitative estimate of drug-likeness (QED) is 0.580. The van der Waals surface area contributed by atoms with Gasteiger partial charge in [-0.25, -0.2) is 9.36 Å². The Morgan fingerprint density at radius 3 is 2.79 bits per heavy atom. The number of phosphoric acid groups is 1. The van der Waals surface area contributed by atoms with Gasteiger partial charge in [0.1, 0.15) is 0 Å². The van der Waals surface area contributed by atoms with E-state index in [9.17, 15) is 14.2 Å². The van der Waals surface area contributed by atoms with E-state index >= 15 is 0 Å². The number of phosphoric ester groups is 1. The Kier molecular flexibility index (Phi) is 4.32. The fraction of sp³-hybridized carbons (Fsp3) is 0.556. The van der Waals surface area contributed by atoms with E-state index in [1.807, 2.05) is 0 Å². The van der Waals surface area contributed by atoms with E-state index in [0.29, 0.717) is 18.4 Å². The van der Waals surface area contributed by atoms with Crippen molar-refractivity contribution in [2.75, 3.05) is 6.61 Å². The number of rotatable bonds is 4. The third-order valence-electron chi connectivity index (χ3n) is 2.73. The summed E-state index contributed by atoms with van der Waals surface area (Å²) >= 11 is 1.41. The van der Waals surface area contributed by atoms with Crippen LogP contribution in [0.4, 0.5) is 0 Å². The Hall–Kier alpha value is -0.860. The molecule has 0 bridgehead atoms. The van der Waals surface area contributed by atoms with Gasteiger partial charge in [-0.1, -0.05) is 0 Å². The van der Waals surface area contributed by atoms with Gasteiger partial charge in [0, 0.05) is 22.3 Å². The molecule has 1 aliphatic heterocycles. The zero-order chi connectivity index (χ0) is 14.0. The largest absolute Gasteiger partial charge is 0.469 e. The van der Waals surface area contributed by atoms with Crippen molar-refractivity contribution in [3.63, 3.8) is 0 Å². The lowest BCUT2D eigenvalue weighted by atomic mass is 10.1. The summed E-state index contributed by atoms with van der Waals surface area (Å²) in [6, 6.07) is 0. The van der Waals surface area contributed by atoms with Gasteiger partial charge in [-0.3, -0.25) is 14.3 Å². The average Bonchev–Trinajstić information content (AvgIpc) is 2.74. The van der Waals surface area contributed by atoms with Crippen LogP contribution in [0, 0.1) is 0 Å². The zero-order valence-electron chi connectivity index (χ0n) is 9.74. The second-order valence-electron chi connectivity index (χ2n) is 4.14. The minimum atomic E-state index is -4.45. The molecule has 10 heteroatoms. The van der Waals surface area contributed by atoms with Crippen LogP contribution in [0.15, 0.2) is 15.8 Å². The van der Waals surface area contributed by atoms with Crippen LogP contribution in [-0.4, -0.2) is 31.6 Å². The van der Waals surface area contributed by atoms with Crippen LogP contribution in [0.3, 0.4) is 0 Å². The Morgan fingerprint density at radius 2 is 2.16 bits per heavy atom. The summed E-state index contributed by atoms with van der Waals surface area (Å²) in [5.41, 5.74) is -0.529. The smallest absolute Gasteiger partial charge is 0.314 e. The molecule has 0 amide bonds. The molecule has 2 atom stereocenters. The van der Waals surface area contributed by atoms with Crippen LogP contribution in [0.5, 0.6) is 0 Å². The van der Waals surface area contributed by atoms with E-state index in [4.69, 9.17) is 9.79 Å². The Bertz CT molecular complexity index is 607. The second kappa shape index (κ2) is 5.64. The first-order valence-corrected chi connectivity index (χ1v) is 8.00. The maximum atomic E-state index is 11.6. The lowest BCUT2D eigenvalue weighted by molar-refractivity contribution is 0.197. The number of aromatic nitrogens is 2. The number of H-pyrrole nitrogens is 2. The van der Waals surface area contributed by atoms with Crippen LogP contribution >= 0.6 is 19.6 Å². The van der Waals surface area contributed by atoms with E-state index in [1.54, 1.807) is 0 Å². The van der Waals surface area contributed by atoms with Crippen molar-refractivity contribution in [3.8, 4) is 0 Å². The number of thioether (sulfide) groups is 1. The van der Waals surface area contributed by atoms with Gasteiger partial charge in [-0.15, -0.1) is 11.8 Å². The lowest BCUT2D eigenvalue weighted by Gasteiger charge is -2.11. The van der Waals surface area contributed by atoms with Crippen LogP contribution in [0.25, 0.3) is 0 Å². The first kappa shape index (κ1) is 14.5. The molecular weight excluding hydrogens is 295 g/mol. The molecule has 1 aromatic heterocycles. The minimum absolute atomic E-state index is 0.0628. The number of hydrogen-bond acceptors (Lipinski definition) is 5. The van der Waals surface area contributed by atoms with E-state index < -0.39 is 19.1 Å². The molecule has 0 saturated carbocycles. The molecule has 19 heavy (non-hydrogen) atoms. The van der Waals surface area contributed by atoms with Crippen molar-refractivity contribution in [3.05, 3.63) is 32.6 Å². The molecule has 1 saturated heterocycles. The van der Waals surface area contributed by atoms with Gasteiger partial charge in [0.2, 0.25) is 0 Å². The summed E-state index contributed by atoms with van der Waals surface area (Å²) in [6.45, 7) is -0.0628. The topological polar surface area (TPSA) is 132 Å². The highest BCUT2D eigenvalue weighted by molar-refractivity contribution is 8.00. The molecule has 0 unspecified atom stereocenters. The molecule has 1 aromatic rings. The van der Waals surface area contributed by atoms with Crippen molar-refractivity contribution in [1.29, 1.82) is 0 Å². The van der Waals surface area contributed by atoms with Gasteiger partial charge < -0.3 is 14.8 Å². The highest BCUT2D eigenvalue weighted by atomic mass is 32.2. The van der Waals surface area contributed by atoms with Crippen molar-refractivity contribution in [2.24, 2.45) is 0 Å². The molecule has 0 spiro atoms. The summed E-state index contributed by atoms with van der Waals surface area (Å²) in [5, 5.41) is -0.185. The predicted molar refractivity (Wildman–Crippen MR) is 69.0 cm³/mol.